The van der Waals surface area contributed by atoms with Crippen molar-refractivity contribution in [3.63, 3.8) is 0 Å². The highest BCUT2D eigenvalue weighted by Gasteiger charge is 2.20. The van der Waals surface area contributed by atoms with Crippen LogP contribution in [0.15, 0.2) is 6.07 Å². The van der Waals surface area contributed by atoms with E-state index in [0.29, 0.717) is 0 Å². The third-order valence-corrected chi connectivity index (χ3v) is 3.77. The van der Waals surface area contributed by atoms with Gasteiger partial charge in [0.1, 0.15) is 0 Å². The minimum absolute atomic E-state index is 0.766. The molecule has 2 nitrogen and oxygen atoms in total. The van der Waals surface area contributed by atoms with Gasteiger partial charge in [-0.05, 0) is 38.3 Å². The molecule has 3 heteroatoms. The van der Waals surface area contributed by atoms with Crippen molar-refractivity contribution >= 4 is 11.3 Å². The van der Waals surface area contributed by atoms with Gasteiger partial charge in [0.2, 0.25) is 0 Å². The van der Waals surface area contributed by atoms with Gasteiger partial charge in [-0.1, -0.05) is 0 Å². The lowest BCUT2D eigenvalue weighted by molar-refractivity contribution is 0.134. The van der Waals surface area contributed by atoms with E-state index in [1.165, 1.54) is 28.2 Å². The summed E-state index contributed by atoms with van der Waals surface area (Å²) >= 11 is 1.89. The van der Waals surface area contributed by atoms with Gasteiger partial charge in [-0.25, -0.2) is 0 Å². The summed E-state index contributed by atoms with van der Waals surface area (Å²) < 4.78 is 5.44. The van der Waals surface area contributed by atoms with Crippen molar-refractivity contribution in [1.82, 2.24) is 5.32 Å². The number of hydrogen-bond donors (Lipinski definition) is 1. The van der Waals surface area contributed by atoms with Gasteiger partial charge in [-0.15, -0.1) is 11.3 Å². The minimum atomic E-state index is 0.766. The first-order valence-corrected chi connectivity index (χ1v) is 6.50. The van der Waals surface area contributed by atoms with Crippen LogP contribution in [0.5, 0.6) is 0 Å². The smallest absolute Gasteiger partial charge is 0.0727 e. The molecular weight excluding hydrogens is 206 g/mol. The molecular formula is C12H19NOS. The van der Waals surface area contributed by atoms with Gasteiger partial charge in [-0.3, -0.25) is 0 Å². The Morgan fingerprint density at radius 2 is 2.33 bits per heavy atom. The van der Waals surface area contributed by atoms with Crippen LogP contribution in [-0.2, 0) is 17.9 Å². The molecule has 0 unspecified atom stereocenters. The topological polar surface area (TPSA) is 21.3 Å². The fraction of sp³-hybridized carbons (Fsp3) is 0.667. The number of aryl methyl sites for hydroxylation is 1. The number of nitrogens with one attached hydrogen (secondary N) is 1. The Bertz CT molecular complexity index is 317. The average Bonchev–Trinajstić information content (AvgIpc) is 2.98. The molecule has 1 N–H and O–H groups in total. The lowest BCUT2D eigenvalue weighted by Crippen LogP contribution is -2.14. The second kappa shape index (κ2) is 5.10. The Morgan fingerprint density at radius 3 is 3.00 bits per heavy atom. The molecule has 0 radical (unpaired) electrons. The number of rotatable bonds is 6. The largest absolute Gasteiger partial charge is 0.377 e. The lowest BCUT2D eigenvalue weighted by atomic mass is 10.2. The number of thiophene rings is 1. The number of hydrogen-bond acceptors (Lipinski definition) is 3. The number of ether oxygens (including phenoxy) is 1. The Hall–Kier alpha value is -0.380. The third kappa shape index (κ3) is 3.30. The van der Waals surface area contributed by atoms with Gasteiger partial charge >= 0.3 is 0 Å². The van der Waals surface area contributed by atoms with Crippen LogP contribution in [0.1, 0.15) is 35.1 Å². The van der Waals surface area contributed by atoms with Crippen molar-refractivity contribution in [3.05, 3.63) is 21.4 Å². The molecule has 2 rings (SSSR count). The monoisotopic (exact) mass is 225 g/mol. The van der Waals surface area contributed by atoms with E-state index in [-0.39, 0.29) is 0 Å². The maximum Gasteiger partial charge on any atom is 0.0727 e. The van der Waals surface area contributed by atoms with Crippen LogP contribution >= 0.6 is 11.3 Å². The van der Waals surface area contributed by atoms with Gasteiger partial charge in [0, 0.05) is 28.9 Å². The lowest BCUT2D eigenvalue weighted by Gasteiger charge is -1.99. The van der Waals surface area contributed by atoms with Gasteiger partial charge in [0.25, 0.3) is 0 Å². The van der Waals surface area contributed by atoms with Crippen LogP contribution in [-0.4, -0.2) is 12.6 Å². The molecule has 15 heavy (non-hydrogen) atoms. The summed E-state index contributed by atoms with van der Waals surface area (Å²) in [4.78, 5) is 2.84. The molecule has 0 bridgehead atoms. The van der Waals surface area contributed by atoms with E-state index in [1.54, 1.807) is 0 Å². The van der Waals surface area contributed by atoms with E-state index in [1.807, 2.05) is 18.3 Å². The third-order valence-electron chi connectivity index (χ3n) is 2.68. The van der Waals surface area contributed by atoms with Crippen molar-refractivity contribution in [3.8, 4) is 0 Å². The second-order valence-electron chi connectivity index (χ2n) is 4.09. The Balaban J connectivity index is 1.87. The van der Waals surface area contributed by atoms with Crippen LogP contribution < -0.4 is 5.32 Å². The van der Waals surface area contributed by atoms with Crippen molar-refractivity contribution < 1.29 is 4.74 Å². The van der Waals surface area contributed by atoms with E-state index >= 15 is 0 Å². The molecule has 1 aliphatic rings. The fourth-order valence-electron chi connectivity index (χ4n) is 1.56. The van der Waals surface area contributed by atoms with Crippen LogP contribution in [0.2, 0.25) is 0 Å². The van der Waals surface area contributed by atoms with Crippen molar-refractivity contribution in [2.24, 2.45) is 0 Å². The fourth-order valence-corrected chi connectivity index (χ4v) is 2.56. The zero-order chi connectivity index (χ0) is 10.7. The molecule has 0 amide bonds. The first-order valence-electron chi connectivity index (χ1n) is 5.69. The molecule has 84 valence electrons. The summed E-state index contributed by atoms with van der Waals surface area (Å²) in [6.07, 6.45) is 2.71. The molecule has 1 aromatic rings. The first kappa shape index (κ1) is 11.1. The highest BCUT2D eigenvalue weighted by atomic mass is 32.1. The van der Waals surface area contributed by atoms with Crippen molar-refractivity contribution in [2.45, 2.75) is 45.9 Å². The SMILES string of the molecule is CCOCc1cc(CNC2CC2)sc1C. The Kier molecular flexibility index (Phi) is 3.78. The van der Waals surface area contributed by atoms with E-state index in [0.717, 1.165) is 25.8 Å². The average molecular weight is 225 g/mol. The van der Waals surface area contributed by atoms with Crippen molar-refractivity contribution in [1.29, 1.82) is 0 Å². The maximum atomic E-state index is 5.44. The maximum absolute atomic E-state index is 5.44. The normalized spacial score (nSPS) is 15.9. The molecule has 1 heterocycles. The zero-order valence-electron chi connectivity index (χ0n) is 9.51. The van der Waals surface area contributed by atoms with Gasteiger partial charge in [0.05, 0.1) is 6.61 Å². The quantitative estimate of drug-likeness (QED) is 0.804. The molecule has 1 saturated carbocycles. The van der Waals surface area contributed by atoms with E-state index in [2.05, 4.69) is 18.3 Å². The van der Waals surface area contributed by atoms with E-state index in [4.69, 9.17) is 4.74 Å². The zero-order valence-corrected chi connectivity index (χ0v) is 10.3. The molecule has 0 aromatic carbocycles. The van der Waals surface area contributed by atoms with Gasteiger partial charge in [0.15, 0.2) is 0 Å². The molecule has 1 aliphatic carbocycles. The molecule has 0 aliphatic heterocycles. The van der Waals surface area contributed by atoms with E-state index < -0.39 is 0 Å². The summed E-state index contributed by atoms with van der Waals surface area (Å²) in [5, 5.41) is 3.54. The standard InChI is InChI=1S/C12H19NOS/c1-3-14-8-10-6-12(15-9(10)2)7-13-11-4-5-11/h6,11,13H,3-5,7-8H2,1-2H3. The van der Waals surface area contributed by atoms with Crippen LogP contribution in [0, 0.1) is 6.92 Å². The van der Waals surface area contributed by atoms with Crippen LogP contribution in [0.3, 0.4) is 0 Å². The Morgan fingerprint density at radius 1 is 1.53 bits per heavy atom. The highest BCUT2D eigenvalue weighted by molar-refractivity contribution is 7.12. The van der Waals surface area contributed by atoms with Crippen LogP contribution in [0.4, 0.5) is 0 Å². The Labute approximate surface area is 95.6 Å². The van der Waals surface area contributed by atoms with Crippen molar-refractivity contribution in [2.75, 3.05) is 6.61 Å². The molecule has 1 fully saturated rings. The highest BCUT2D eigenvalue weighted by Crippen LogP contribution is 2.24. The van der Waals surface area contributed by atoms with E-state index in [9.17, 15) is 0 Å². The summed E-state index contributed by atoms with van der Waals surface area (Å²) in [5.74, 6) is 0. The molecule has 0 spiro atoms. The molecule has 1 aromatic heterocycles. The summed E-state index contributed by atoms with van der Waals surface area (Å²) in [6, 6.07) is 3.08. The predicted molar refractivity (Wildman–Crippen MR) is 64.2 cm³/mol. The predicted octanol–water partition coefficient (Wildman–Crippen LogP) is 2.85. The van der Waals surface area contributed by atoms with Gasteiger partial charge < -0.3 is 10.1 Å². The molecule has 0 atom stereocenters. The first-order chi connectivity index (χ1) is 7.29. The van der Waals surface area contributed by atoms with Gasteiger partial charge in [-0.2, -0.15) is 0 Å². The molecule has 0 saturated heterocycles. The summed E-state index contributed by atoms with van der Waals surface area (Å²) in [7, 11) is 0. The minimum Gasteiger partial charge on any atom is -0.377 e. The summed E-state index contributed by atoms with van der Waals surface area (Å²) in [5.41, 5.74) is 1.36. The van der Waals surface area contributed by atoms with Crippen LogP contribution in [0.25, 0.3) is 0 Å². The second-order valence-corrected chi connectivity index (χ2v) is 5.43. The summed E-state index contributed by atoms with van der Waals surface area (Å²) in [6.45, 7) is 6.81.